The van der Waals surface area contributed by atoms with E-state index in [1.807, 2.05) is 0 Å². The smallest absolute Gasteiger partial charge is 0.226 e. The second-order valence-electron chi connectivity index (χ2n) is 5.21. The quantitative estimate of drug-likeness (QED) is 0.543. The van der Waals surface area contributed by atoms with Crippen LogP contribution in [0, 0.1) is 5.92 Å². The molecule has 5 heteroatoms. The van der Waals surface area contributed by atoms with E-state index in [0.29, 0.717) is 30.5 Å². The molecular weight excluding hydrogens is 284 g/mol. The summed E-state index contributed by atoms with van der Waals surface area (Å²) in [7, 11) is 0. The summed E-state index contributed by atoms with van der Waals surface area (Å²) in [4.78, 5) is 12.1. The van der Waals surface area contributed by atoms with E-state index in [4.69, 9.17) is 22.7 Å². The summed E-state index contributed by atoms with van der Waals surface area (Å²) in [6.07, 6.45) is 2.67. The first-order chi connectivity index (χ1) is 10.0. The van der Waals surface area contributed by atoms with Crippen molar-refractivity contribution in [2.75, 3.05) is 18.5 Å². The lowest BCUT2D eigenvalue weighted by Gasteiger charge is -2.11. The summed E-state index contributed by atoms with van der Waals surface area (Å²) in [6.45, 7) is 5.48. The summed E-state index contributed by atoms with van der Waals surface area (Å²) in [6, 6.07) is 7.16. The van der Waals surface area contributed by atoms with E-state index in [2.05, 4.69) is 19.2 Å². The Balaban J connectivity index is 2.26. The number of hydrogen-bond acceptors (Lipinski definition) is 3. The fourth-order valence-corrected chi connectivity index (χ4v) is 2.10. The topological polar surface area (TPSA) is 64.3 Å². The average molecular weight is 308 g/mol. The third-order valence-corrected chi connectivity index (χ3v) is 3.35. The van der Waals surface area contributed by atoms with Crippen molar-refractivity contribution in [3.8, 4) is 0 Å². The molecule has 0 saturated heterocycles. The zero-order valence-electron chi connectivity index (χ0n) is 12.7. The van der Waals surface area contributed by atoms with Gasteiger partial charge < -0.3 is 15.8 Å². The Morgan fingerprint density at radius 1 is 1.38 bits per heavy atom. The van der Waals surface area contributed by atoms with Crippen LogP contribution in [0.4, 0.5) is 5.69 Å². The molecule has 1 unspecified atom stereocenters. The first-order valence-electron chi connectivity index (χ1n) is 7.30. The molecule has 0 aliphatic heterocycles. The van der Waals surface area contributed by atoms with Gasteiger partial charge >= 0.3 is 0 Å². The minimum Gasteiger partial charge on any atom is -0.389 e. The standard InChI is InChI=1S/C16H24N2O2S/c1-3-4-12(2)11-20-10-9-15(19)18-14-7-5-13(6-8-14)16(17)21/h5-8,12H,3-4,9-11H2,1-2H3,(H2,17,21)(H,18,19). The maximum absolute atomic E-state index is 11.8. The summed E-state index contributed by atoms with van der Waals surface area (Å²) in [5.41, 5.74) is 7.04. The van der Waals surface area contributed by atoms with E-state index in [1.165, 1.54) is 0 Å². The molecule has 21 heavy (non-hydrogen) atoms. The second-order valence-corrected chi connectivity index (χ2v) is 5.65. The van der Waals surface area contributed by atoms with Crippen molar-refractivity contribution in [1.82, 2.24) is 0 Å². The number of carbonyl (C=O) groups is 1. The van der Waals surface area contributed by atoms with Gasteiger partial charge in [0, 0.05) is 17.9 Å². The molecule has 0 fully saturated rings. The zero-order valence-corrected chi connectivity index (χ0v) is 13.5. The zero-order chi connectivity index (χ0) is 15.7. The summed E-state index contributed by atoms with van der Waals surface area (Å²) in [5, 5.41) is 2.82. The van der Waals surface area contributed by atoms with E-state index in [-0.39, 0.29) is 5.91 Å². The molecule has 0 aromatic heterocycles. The molecule has 3 N–H and O–H groups in total. The molecule has 0 bridgehead atoms. The van der Waals surface area contributed by atoms with Gasteiger partial charge in [-0.15, -0.1) is 0 Å². The van der Waals surface area contributed by atoms with Gasteiger partial charge in [-0.25, -0.2) is 0 Å². The van der Waals surface area contributed by atoms with Gasteiger partial charge in [0.1, 0.15) is 4.99 Å². The molecule has 1 aromatic carbocycles. The van der Waals surface area contributed by atoms with Gasteiger partial charge in [-0.05, 0) is 36.6 Å². The highest BCUT2D eigenvalue weighted by Crippen LogP contribution is 2.10. The molecule has 1 amide bonds. The minimum absolute atomic E-state index is 0.0544. The monoisotopic (exact) mass is 308 g/mol. The maximum Gasteiger partial charge on any atom is 0.226 e. The molecule has 0 aliphatic rings. The van der Waals surface area contributed by atoms with Crippen LogP contribution in [0.3, 0.4) is 0 Å². The lowest BCUT2D eigenvalue weighted by molar-refractivity contribution is -0.117. The Morgan fingerprint density at radius 2 is 2.05 bits per heavy atom. The molecule has 0 aliphatic carbocycles. The van der Waals surface area contributed by atoms with Crippen LogP contribution in [-0.4, -0.2) is 24.1 Å². The highest BCUT2D eigenvalue weighted by molar-refractivity contribution is 7.80. The van der Waals surface area contributed by atoms with Gasteiger partial charge in [-0.2, -0.15) is 0 Å². The predicted octanol–water partition coefficient (Wildman–Crippen LogP) is 3.10. The number of nitrogens with one attached hydrogen (secondary N) is 1. The third-order valence-electron chi connectivity index (χ3n) is 3.11. The summed E-state index contributed by atoms with van der Waals surface area (Å²) < 4.78 is 5.51. The minimum atomic E-state index is -0.0544. The Labute approximate surface area is 132 Å². The second kappa shape index (κ2) is 9.47. The number of nitrogens with two attached hydrogens (primary N) is 1. The van der Waals surface area contributed by atoms with Crippen molar-refractivity contribution in [3.63, 3.8) is 0 Å². The number of carbonyl (C=O) groups excluding carboxylic acids is 1. The molecule has 1 rings (SSSR count). The fourth-order valence-electron chi connectivity index (χ4n) is 1.97. The van der Waals surface area contributed by atoms with Gasteiger partial charge in [0.05, 0.1) is 13.0 Å². The van der Waals surface area contributed by atoms with Crippen LogP contribution in [0.25, 0.3) is 0 Å². The molecule has 0 radical (unpaired) electrons. The van der Waals surface area contributed by atoms with Gasteiger partial charge in [0.25, 0.3) is 0 Å². The van der Waals surface area contributed by atoms with Crippen LogP contribution >= 0.6 is 12.2 Å². The molecule has 0 saturated carbocycles. The van der Waals surface area contributed by atoms with Crippen molar-refractivity contribution < 1.29 is 9.53 Å². The number of benzene rings is 1. The van der Waals surface area contributed by atoms with Crippen molar-refractivity contribution in [3.05, 3.63) is 29.8 Å². The number of ether oxygens (including phenoxy) is 1. The summed E-state index contributed by atoms with van der Waals surface area (Å²) >= 11 is 4.88. The lowest BCUT2D eigenvalue weighted by Crippen LogP contribution is -2.16. The van der Waals surface area contributed by atoms with Crippen molar-refractivity contribution in [2.24, 2.45) is 11.7 Å². The summed E-state index contributed by atoms with van der Waals surface area (Å²) in [5.74, 6) is 0.493. The van der Waals surface area contributed by atoms with E-state index in [9.17, 15) is 4.79 Å². The Morgan fingerprint density at radius 3 is 2.62 bits per heavy atom. The molecule has 0 heterocycles. The van der Waals surface area contributed by atoms with Crippen molar-refractivity contribution in [1.29, 1.82) is 0 Å². The van der Waals surface area contributed by atoms with E-state index < -0.39 is 0 Å². The van der Waals surface area contributed by atoms with Gasteiger partial charge in [-0.3, -0.25) is 4.79 Å². The number of hydrogen-bond donors (Lipinski definition) is 2. The van der Waals surface area contributed by atoms with Crippen LogP contribution in [0.5, 0.6) is 0 Å². The number of thiocarbonyl (C=S) groups is 1. The number of anilines is 1. The average Bonchev–Trinajstić information content (AvgIpc) is 2.44. The molecule has 116 valence electrons. The largest absolute Gasteiger partial charge is 0.389 e. The van der Waals surface area contributed by atoms with E-state index >= 15 is 0 Å². The number of rotatable bonds is 9. The maximum atomic E-state index is 11.8. The SMILES string of the molecule is CCCC(C)COCCC(=O)Nc1ccc(C(N)=S)cc1. The molecule has 1 atom stereocenters. The van der Waals surface area contributed by atoms with Gasteiger partial charge in [0.15, 0.2) is 0 Å². The van der Waals surface area contributed by atoms with Gasteiger partial charge in [-0.1, -0.05) is 32.5 Å². The Bertz CT molecular complexity index is 460. The first kappa shape index (κ1) is 17.6. The van der Waals surface area contributed by atoms with Crippen molar-refractivity contribution >= 4 is 28.8 Å². The first-order valence-corrected chi connectivity index (χ1v) is 7.71. The number of amides is 1. The highest BCUT2D eigenvalue weighted by atomic mass is 32.1. The van der Waals surface area contributed by atoms with Crippen LogP contribution in [0.1, 0.15) is 38.7 Å². The molecule has 0 spiro atoms. The normalized spacial score (nSPS) is 11.9. The van der Waals surface area contributed by atoms with E-state index in [0.717, 1.165) is 24.1 Å². The third kappa shape index (κ3) is 7.20. The van der Waals surface area contributed by atoms with Crippen LogP contribution in [-0.2, 0) is 9.53 Å². The van der Waals surface area contributed by atoms with Crippen LogP contribution in [0.2, 0.25) is 0 Å². The van der Waals surface area contributed by atoms with Crippen LogP contribution < -0.4 is 11.1 Å². The van der Waals surface area contributed by atoms with E-state index in [1.54, 1.807) is 24.3 Å². The molecule has 1 aromatic rings. The van der Waals surface area contributed by atoms with Crippen LogP contribution in [0.15, 0.2) is 24.3 Å². The Hall–Kier alpha value is -1.46. The highest BCUT2D eigenvalue weighted by Gasteiger charge is 2.05. The van der Waals surface area contributed by atoms with Crippen molar-refractivity contribution in [2.45, 2.75) is 33.1 Å². The molecular formula is C16H24N2O2S. The predicted molar refractivity (Wildman–Crippen MR) is 90.5 cm³/mol. The molecule has 4 nitrogen and oxygen atoms in total. The van der Waals surface area contributed by atoms with Gasteiger partial charge in [0.2, 0.25) is 5.91 Å². The fraction of sp³-hybridized carbons (Fsp3) is 0.500. The lowest BCUT2D eigenvalue weighted by atomic mass is 10.1. The Kier molecular flexibility index (Phi) is 7.93.